The van der Waals surface area contributed by atoms with E-state index < -0.39 is 11.7 Å². The molecule has 0 saturated carbocycles. The molecule has 0 aliphatic carbocycles. The first-order valence-electron chi connectivity index (χ1n) is 7.07. The van der Waals surface area contributed by atoms with Gasteiger partial charge in [0.15, 0.2) is 0 Å². The van der Waals surface area contributed by atoms with Crippen molar-refractivity contribution in [1.29, 1.82) is 0 Å². The van der Waals surface area contributed by atoms with E-state index in [2.05, 4.69) is 0 Å². The highest BCUT2D eigenvalue weighted by atomic mass is 35.5. The molecule has 0 heterocycles. The van der Waals surface area contributed by atoms with Crippen LogP contribution in [-0.4, -0.2) is 0 Å². The molecule has 0 N–H and O–H groups in total. The normalized spacial score (nSPS) is 12.3. The second-order valence-electron chi connectivity index (χ2n) is 5.43. The highest BCUT2D eigenvalue weighted by molar-refractivity contribution is 6.35. The van der Waals surface area contributed by atoms with Crippen molar-refractivity contribution >= 4 is 43.9 Å². The van der Waals surface area contributed by atoms with Crippen molar-refractivity contribution in [2.45, 2.75) is 6.18 Å². The van der Waals surface area contributed by atoms with Crippen LogP contribution in [0.4, 0.5) is 13.2 Å². The molecule has 0 unspecified atom stereocenters. The summed E-state index contributed by atoms with van der Waals surface area (Å²) >= 11 is 5.92. The average molecular weight is 331 g/mol. The van der Waals surface area contributed by atoms with Crippen LogP contribution in [0.15, 0.2) is 60.7 Å². The van der Waals surface area contributed by atoms with Crippen LogP contribution in [0.5, 0.6) is 0 Å². The van der Waals surface area contributed by atoms with Gasteiger partial charge in [-0.05, 0) is 33.0 Å². The molecule has 23 heavy (non-hydrogen) atoms. The van der Waals surface area contributed by atoms with Gasteiger partial charge in [0.05, 0.1) is 10.6 Å². The summed E-state index contributed by atoms with van der Waals surface area (Å²) in [6, 6.07) is 17.6. The van der Waals surface area contributed by atoms with E-state index in [0.717, 1.165) is 16.2 Å². The summed E-state index contributed by atoms with van der Waals surface area (Å²) in [5.74, 6) is 0. The van der Waals surface area contributed by atoms with Crippen molar-refractivity contribution in [3.05, 3.63) is 71.2 Å². The van der Waals surface area contributed by atoms with E-state index >= 15 is 0 Å². The van der Waals surface area contributed by atoms with Crippen molar-refractivity contribution in [2.75, 3.05) is 0 Å². The fourth-order valence-corrected chi connectivity index (χ4v) is 3.51. The maximum atomic E-state index is 13.6. The maximum Gasteiger partial charge on any atom is 0.418 e. The zero-order valence-electron chi connectivity index (χ0n) is 11.8. The van der Waals surface area contributed by atoms with Crippen LogP contribution >= 0.6 is 11.6 Å². The molecule has 0 bridgehead atoms. The largest absolute Gasteiger partial charge is 0.418 e. The van der Waals surface area contributed by atoms with Gasteiger partial charge < -0.3 is 0 Å². The summed E-state index contributed by atoms with van der Waals surface area (Å²) in [6.45, 7) is 0. The van der Waals surface area contributed by atoms with Gasteiger partial charge in [0.25, 0.3) is 0 Å². The molecule has 0 aliphatic rings. The molecule has 0 amide bonds. The van der Waals surface area contributed by atoms with Crippen LogP contribution in [0.1, 0.15) is 5.56 Å². The number of benzene rings is 4. The molecule has 0 aliphatic heterocycles. The first-order chi connectivity index (χ1) is 11.0. The predicted molar refractivity (Wildman–Crippen MR) is 89.0 cm³/mol. The van der Waals surface area contributed by atoms with E-state index in [0.29, 0.717) is 10.8 Å². The van der Waals surface area contributed by atoms with Gasteiger partial charge in [-0.15, -0.1) is 0 Å². The number of halogens is 4. The standard InChI is InChI=1S/C19H10ClF3/c20-16-10-9-15-13-7-2-1-5-11(13)12-6-3-4-8-14(12)17(15)18(16)19(21,22)23/h1-10H. The average Bonchev–Trinajstić information content (AvgIpc) is 2.53. The summed E-state index contributed by atoms with van der Waals surface area (Å²) < 4.78 is 40.9. The molecule has 0 spiro atoms. The van der Waals surface area contributed by atoms with Crippen molar-refractivity contribution in [3.63, 3.8) is 0 Å². The third kappa shape index (κ3) is 2.07. The van der Waals surface area contributed by atoms with E-state index in [1.165, 1.54) is 6.07 Å². The van der Waals surface area contributed by atoms with E-state index in [1.807, 2.05) is 36.4 Å². The fraction of sp³-hybridized carbons (Fsp3) is 0.0526. The van der Waals surface area contributed by atoms with Gasteiger partial charge in [0.1, 0.15) is 0 Å². The second kappa shape index (κ2) is 4.87. The summed E-state index contributed by atoms with van der Waals surface area (Å²) in [6.07, 6.45) is -4.51. The van der Waals surface area contributed by atoms with Gasteiger partial charge in [-0.25, -0.2) is 0 Å². The number of fused-ring (bicyclic) bond motifs is 6. The third-order valence-corrected chi connectivity index (χ3v) is 4.46. The lowest BCUT2D eigenvalue weighted by molar-refractivity contribution is -0.136. The first-order valence-corrected chi connectivity index (χ1v) is 7.45. The molecule has 4 aromatic rings. The highest BCUT2D eigenvalue weighted by Gasteiger charge is 2.36. The monoisotopic (exact) mass is 330 g/mol. The summed E-state index contributed by atoms with van der Waals surface area (Å²) in [4.78, 5) is 0. The smallest absolute Gasteiger partial charge is 0.166 e. The maximum absolute atomic E-state index is 13.6. The van der Waals surface area contributed by atoms with Crippen LogP contribution in [0, 0.1) is 0 Å². The van der Waals surface area contributed by atoms with Gasteiger partial charge >= 0.3 is 6.18 Å². The Bertz CT molecular complexity index is 1030. The lowest BCUT2D eigenvalue weighted by Gasteiger charge is -2.17. The number of hydrogen-bond donors (Lipinski definition) is 0. The van der Waals surface area contributed by atoms with Crippen LogP contribution in [0.2, 0.25) is 5.02 Å². The van der Waals surface area contributed by atoms with Crippen LogP contribution in [-0.2, 0) is 6.18 Å². The second-order valence-corrected chi connectivity index (χ2v) is 5.84. The quantitative estimate of drug-likeness (QED) is 0.310. The summed E-state index contributed by atoms with van der Waals surface area (Å²) in [5, 5.41) is 3.55. The Labute approximate surface area is 135 Å². The molecule has 0 atom stereocenters. The Morgan fingerprint density at radius 2 is 1.04 bits per heavy atom. The van der Waals surface area contributed by atoms with Gasteiger partial charge in [0.2, 0.25) is 0 Å². The third-order valence-electron chi connectivity index (χ3n) is 4.14. The van der Waals surface area contributed by atoms with Crippen LogP contribution in [0.25, 0.3) is 32.3 Å². The van der Waals surface area contributed by atoms with Crippen molar-refractivity contribution in [2.24, 2.45) is 0 Å². The van der Waals surface area contributed by atoms with E-state index in [4.69, 9.17) is 11.6 Å². The number of rotatable bonds is 0. The zero-order chi connectivity index (χ0) is 16.2. The highest BCUT2D eigenvalue weighted by Crippen LogP contribution is 2.45. The SMILES string of the molecule is FC(F)(F)c1c(Cl)ccc2c3ccccc3c3ccccc3c12. The van der Waals surface area contributed by atoms with E-state index in [-0.39, 0.29) is 10.4 Å². The lowest BCUT2D eigenvalue weighted by atomic mass is 9.91. The zero-order valence-corrected chi connectivity index (χ0v) is 12.5. The van der Waals surface area contributed by atoms with Gasteiger partial charge in [-0.3, -0.25) is 0 Å². The Morgan fingerprint density at radius 3 is 1.57 bits per heavy atom. The molecule has 0 fully saturated rings. The minimum atomic E-state index is -4.51. The van der Waals surface area contributed by atoms with Crippen molar-refractivity contribution in [3.8, 4) is 0 Å². The molecular weight excluding hydrogens is 321 g/mol. The molecule has 0 radical (unpaired) electrons. The fourth-order valence-electron chi connectivity index (χ4n) is 3.25. The number of hydrogen-bond acceptors (Lipinski definition) is 0. The minimum absolute atomic E-state index is 0.166. The topological polar surface area (TPSA) is 0 Å². The molecule has 4 rings (SSSR count). The van der Waals surface area contributed by atoms with Gasteiger partial charge in [-0.2, -0.15) is 13.2 Å². The minimum Gasteiger partial charge on any atom is -0.166 e. The van der Waals surface area contributed by atoms with E-state index in [1.54, 1.807) is 18.2 Å². The van der Waals surface area contributed by atoms with Crippen LogP contribution < -0.4 is 0 Å². The Balaban J connectivity index is 2.41. The molecule has 4 aromatic carbocycles. The molecule has 0 nitrogen and oxygen atoms in total. The Hall–Kier alpha value is -2.26. The predicted octanol–water partition coefficient (Wildman–Crippen LogP) is 6.82. The van der Waals surface area contributed by atoms with Gasteiger partial charge in [-0.1, -0.05) is 66.2 Å². The van der Waals surface area contributed by atoms with Gasteiger partial charge in [0, 0.05) is 5.39 Å². The number of alkyl halides is 3. The summed E-state index contributed by atoms with van der Waals surface area (Å²) in [7, 11) is 0. The summed E-state index contributed by atoms with van der Waals surface area (Å²) in [5.41, 5.74) is -0.765. The molecule has 0 aromatic heterocycles. The van der Waals surface area contributed by atoms with E-state index in [9.17, 15) is 13.2 Å². The van der Waals surface area contributed by atoms with Crippen molar-refractivity contribution in [1.82, 2.24) is 0 Å². The van der Waals surface area contributed by atoms with Crippen molar-refractivity contribution < 1.29 is 13.2 Å². The molecular formula is C19H10ClF3. The first kappa shape index (κ1) is 14.3. The molecule has 0 saturated heterocycles. The Kier molecular flexibility index (Phi) is 3.03. The Morgan fingerprint density at radius 1 is 0.609 bits per heavy atom. The molecule has 4 heteroatoms. The molecule has 114 valence electrons. The lowest BCUT2D eigenvalue weighted by Crippen LogP contribution is -2.07. The van der Waals surface area contributed by atoms with Crippen LogP contribution in [0.3, 0.4) is 0 Å².